The van der Waals surface area contributed by atoms with Gasteiger partial charge in [-0.15, -0.1) is 0 Å². The smallest absolute Gasteiger partial charge is 0.165 e. The van der Waals surface area contributed by atoms with Gasteiger partial charge in [-0.1, -0.05) is 18.2 Å². The molecule has 2 fully saturated rings. The molecule has 1 unspecified atom stereocenters. The molecule has 0 saturated carbocycles. The lowest BCUT2D eigenvalue weighted by molar-refractivity contribution is -0.0300. The highest BCUT2D eigenvalue weighted by molar-refractivity contribution is 6.30. The van der Waals surface area contributed by atoms with E-state index >= 15 is 0 Å². The maximum absolute atomic E-state index is 6.34. The molecule has 25 heavy (non-hydrogen) atoms. The van der Waals surface area contributed by atoms with Crippen molar-refractivity contribution in [3.05, 3.63) is 23.1 Å². The molecule has 0 radical (unpaired) electrons. The van der Waals surface area contributed by atoms with Crippen molar-refractivity contribution in [2.45, 2.75) is 31.9 Å². The first kappa shape index (κ1) is 18.4. The van der Waals surface area contributed by atoms with Gasteiger partial charge < -0.3 is 15.2 Å². The van der Waals surface area contributed by atoms with Crippen LogP contribution < -0.4 is 5.73 Å². The zero-order chi connectivity index (χ0) is 17.6. The molecular formula is C17H26ClN5O2. The summed E-state index contributed by atoms with van der Waals surface area (Å²) < 4.78 is 11.2. The van der Waals surface area contributed by atoms with Crippen molar-refractivity contribution in [3.63, 3.8) is 0 Å². The number of nitrogens with zero attached hydrogens (tertiary/aromatic N) is 4. The maximum atomic E-state index is 6.34. The third kappa shape index (κ3) is 4.82. The van der Waals surface area contributed by atoms with E-state index in [0.717, 1.165) is 65.1 Å². The molecule has 3 heterocycles. The number of halogens is 1. The highest BCUT2D eigenvalue weighted by Gasteiger charge is 2.31. The van der Waals surface area contributed by atoms with Gasteiger partial charge >= 0.3 is 0 Å². The normalized spacial score (nSPS) is 28.6. The molecule has 0 aliphatic carbocycles. The van der Waals surface area contributed by atoms with Gasteiger partial charge in [-0.25, -0.2) is 9.98 Å². The van der Waals surface area contributed by atoms with Crippen molar-refractivity contribution in [2.75, 3.05) is 39.5 Å². The monoisotopic (exact) mass is 367 g/mol. The number of aliphatic imine (C=N–C) groups is 2. The lowest BCUT2D eigenvalue weighted by Gasteiger charge is -2.30. The largest absolute Gasteiger partial charge is 0.400 e. The third-order valence-electron chi connectivity index (χ3n) is 4.57. The third-order valence-corrected chi connectivity index (χ3v) is 4.65. The fraction of sp³-hybridized carbons (Fsp3) is 0.647. The van der Waals surface area contributed by atoms with Gasteiger partial charge in [-0.3, -0.25) is 9.80 Å². The number of hydrogen-bond donors (Lipinski definition) is 1. The number of rotatable bonds is 5. The first-order valence-corrected chi connectivity index (χ1v) is 9.19. The predicted molar refractivity (Wildman–Crippen MR) is 99.4 cm³/mol. The van der Waals surface area contributed by atoms with E-state index in [1.54, 1.807) is 6.34 Å². The van der Waals surface area contributed by atoms with E-state index in [1.165, 1.54) is 0 Å². The van der Waals surface area contributed by atoms with E-state index in [0.29, 0.717) is 17.2 Å². The lowest BCUT2D eigenvalue weighted by atomic mass is 10.1. The van der Waals surface area contributed by atoms with E-state index < -0.39 is 0 Å². The zero-order valence-corrected chi connectivity index (χ0v) is 15.2. The van der Waals surface area contributed by atoms with Crippen LogP contribution in [0.1, 0.15) is 25.7 Å². The topological polar surface area (TPSA) is 75.7 Å². The Morgan fingerprint density at radius 3 is 2.84 bits per heavy atom. The van der Waals surface area contributed by atoms with Crippen LogP contribution in [-0.2, 0) is 9.47 Å². The second kappa shape index (κ2) is 8.80. The van der Waals surface area contributed by atoms with Gasteiger partial charge in [-0.2, -0.15) is 0 Å². The Morgan fingerprint density at radius 2 is 2.16 bits per heavy atom. The number of ether oxygens (including phenoxy) is 2. The van der Waals surface area contributed by atoms with Crippen molar-refractivity contribution in [3.8, 4) is 0 Å². The second-order valence-corrected chi connectivity index (χ2v) is 6.80. The molecule has 2 saturated heterocycles. The molecule has 3 aliphatic heterocycles. The summed E-state index contributed by atoms with van der Waals surface area (Å²) in [4.78, 5) is 13.1. The summed E-state index contributed by atoms with van der Waals surface area (Å²) in [5.74, 6) is 0.631. The van der Waals surface area contributed by atoms with Crippen LogP contribution in [0.5, 0.6) is 0 Å². The number of hydrogen-bond acceptors (Lipinski definition) is 6. The summed E-state index contributed by atoms with van der Waals surface area (Å²) in [5.41, 5.74) is 7.72. The minimum Gasteiger partial charge on any atom is -0.400 e. The quantitative estimate of drug-likeness (QED) is 0.750. The van der Waals surface area contributed by atoms with Crippen LogP contribution in [0.4, 0.5) is 0 Å². The minimum absolute atomic E-state index is 0.0724. The number of nitrogens with two attached hydrogens (primary N) is 1. The van der Waals surface area contributed by atoms with E-state index in [2.05, 4.69) is 21.5 Å². The summed E-state index contributed by atoms with van der Waals surface area (Å²) >= 11 is 5.94. The second-order valence-electron chi connectivity index (χ2n) is 6.36. The van der Waals surface area contributed by atoms with Crippen LogP contribution in [0.15, 0.2) is 33.1 Å². The number of amidine groups is 1. The van der Waals surface area contributed by atoms with Crippen LogP contribution in [-0.4, -0.2) is 67.7 Å². The molecule has 2 N–H and O–H groups in total. The van der Waals surface area contributed by atoms with Crippen LogP contribution in [0.3, 0.4) is 0 Å². The summed E-state index contributed by atoms with van der Waals surface area (Å²) in [5, 5.41) is 0.208. The summed E-state index contributed by atoms with van der Waals surface area (Å²) in [6.45, 7) is 8.74. The van der Waals surface area contributed by atoms with Crippen molar-refractivity contribution >= 4 is 23.8 Å². The average molecular weight is 368 g/mol. The molecule has 3 aliphatic rings. The van der Waals surface area contributed by atoms with E-state index in [-0.39, 0.29) is 11.4 Å². The highest BCUT2D eigenvalue weighted by Crippen LogP contribution is 2.25. The van der Waals surface area contributed by atoms with Gasteiger partial charge in [0.1, 0.15) is 17.1 Å². The van der Waals surface area contributed by atoms with Crippen molar-refractivity contribution in [2.24, 2.45) is 15.7 Å². The summed E-state index contributed by atoms with van der Waals surface area (Å²) in [6, 6.07) is 0. The molecule has 0 bridgehead atoms. The molecule has 0 spiro atoms. The first-order valence-electron chi connectivity index (χ1n) is 8.81. The molecule has 0 amide bonds. The lowest BCUT2D eigenvalue weighted by Crippen LogP contribution is -2.41. The van der Waals surface area contributed by atoms with E-state index in [4.69, 9.17) is 26.8 Å². The molecule has 7 nitrogen and oxygen atoms in total. The van der Waals surface area contributed by atoms with E-state index in [9.17, 15) is 0 Å². The fourth-order valence-electron chi connectivity index (χ4n) is 3.18. The Hall–Kier alpha value is -1.41. The SMILES string of the molecule is C=C(Cl)/N=C1\C(=C(/N)CCN2CCOCC2)N=CN1C1CCCCO1. The van der Waals surface area contributed by atoms with Crippen molar-refractivity contribution in [1.82, 2.24) is 9.80 Å². The maximum Gasteiger partial charge on any atom is 0.165 e. The van der Waals surface area contributed by atoms with Crippen molar-refractivity contribution < 1.29 is 9.47 Å². The number of morpholine rings is 1. The highest BCUT2D eigenvalue weighted by atomic mass is 35.5. The standard InChI is InChI=1S/C17H26ClN5O2/c1-13(18)21-17-16(14(19)5-6-22-7-10-24-11-8-22)20-12-23(17)15-4-2-3-9-25-15/h12,15H,1-11,19H2/b16-14+,21-17+. The molecule has 0 aromatic carbocycles. The molecular weight excluding hydrogens is 342 g/mol. The summed E-state index contributed by atoms with van der Waals surface area (Å²) in [6.07, 6.45) is 5.53. The molecule has 8 heteroatoms. The molecule has 0 aromatic rings. The van der Waals surface area contributed by atoms with Crippen LogP contribution in [0.2, 0.25) is 0 Å². The Kier molecular flexibility index (Phi) is 6.47. The minimum atomic E-state index is -0.0724. The van der Waals surface area contributed by atoms with Gasteiger partial charge in [0.25, 0.3) is 0 Å². The van der Waals surface area contributed by atoms with Gasteiger partial charge in [0.2, 0.25) is 0 Å². The molecule has 1 atom stereocenters. The van der Waals surface area contributed by atoms with Gasteiger partial charge in [0, 0.05) is 38.4 Å². The Labute approximate surface area is 153 Å². The Balaban J connectivity index is 1.71. The van der Waals surface area contributed by atoms with Gasteiger partial charge in [0.05, 0.1) is 19.6 Å². The van der Waals surface area contributed by atoms with Crippen molar-refractivity contribution in [1.29, 1.82) is 0 Å². The predicted octanol–water partition coefficient (Wildman–Crippen LogP) is 1.86. The van der Waals surface area contributed by atoms with Gasteiger partial charge in [-0.05, 0) is 19.3 Å². The average Bonchev–Trinajstić information content (AvgIpc) is 3.04. The van der Waals surface area contributed by atoms with Crippen LogP contribution in [0.25, 0.3) is 0 Å². The first-order chi connectivity index (χ1) is 12.1. The van der Waals surface area contributed by atoms with Crippen LogP contribution in [0, 0.1) is 0 Å². The van der Waals surface area contributed by atoms with Crippen LogP contribution >= 0.6 is 11.6 Å². The Morgan fingerprint density at radius 1 is 1.36 bits per heavy atom. The fourth-order valence-corrected chi connectivity index (χ4v) is 3.26. The summed E-state index contributed by atoms with van der Waals surface area (Å²) in [7, 11) is 0. The molecule has 138 valence electrons. The zero-order valence-electron chi connectivity index (χ0n) is 14.5. The van der Waals surface area contributed by atoms with E-state index in [1.807, 2.05) is 4.90 Å². The van der Waals surface area contributed by atoms with Gasteiger partial charge in [0.15, 0.2) is 5.84 Å². The molecule has 0 aromatic heterocycles. The Bertz CT molecular complexity index is 578. The molecule has 3 rings (SSSR count).